The molecule has 0 amide bonds. The van der Waals surface area contributed by atoms with Crippen molar-refractivity contribution in [3.05, 3.63) is 53.6 Å². The monoisotopic (exact) mass is 258 g/mol. The number of hydrogen-bond acceptors (Lipinski definition) is 4. The highest BCUT2D eigenvalue weighted by molar-refractivity contribution is 5.91. The van der Waals surface area contributed by atoms with E-state index in [4.69, 9.17) is 9.47 Å². The summed E-state index contributed by atoms with van der Waals surface area (Å²) >= 11 is 0. The Morgan fingerprint density at radius 3 is 2.58 bits per heavy atom. The largest absolute Gasteiger partial charge is 0.504 e. The Morgan fingerprint density at radius 2 is 1.95 bits per heavy atom. The van der Waals surface area contributed by atoms with Crippen molar-refractivity contribution in [2.24, 2.45) is 0 Å². The van der Waals surface area contributed by atoms with Crippen LogP contribution in [0.4, 0.5) is 0 Å². The molecule has 2 aromatic carbocycles. The Hall–Kier alpha value is -2.49. The second-order valence-corrected chi connectivity index (χ2v) is 4.09. The Balaban J connectivity index is 2.17. The highest BCUT2D eigenvalue weighted by Gasteiger charge is 2.10. The standard InChI is InChI=1S/C15H14O4/c1-10-4-3-5-11(8-10)15(17)19-12-6-7-14(18-2)13(16)9-12/h3-9,16H,1-2H3. The highest BCUT2D eigenvalue weighted by atomic mass is 16.5. The van der Waals surface area contributed by atoms with E-state index in [1.165, 1.54) is 19.2 Å². The molecule has 0 aliphatic heterocycles. The molecule has 0 aliphatic rings. The van der Waals surface area contributed by atoms with E-state index in [1.807, 2.05) is 13.0 Å². The van der Waals surface area contributed by atoms with Crippen molar-refractivity contribution in [2.75, 3.05) is 7.11 Å². The number of aromatic hydroxyl groups is 1. The van der Waals surface area contributed by atoms with E-state index in [2.05, 4.69) is 0 Å². The van der Waals surface area contributed by atoms with Crippen molar-refractivity contribution in [3.8, 4) is 17.2 Å². The molecule has 4 heteroatoms. The van der Waals surface area contributed by atoms with Gasteiger partial charge in [-0.1, -0.05) is 17.7 Å². The van der Waals surface area contributed by atoms with Crippen LogP contribution in [0.25, 0.3) is 0 Å². The maximum absolute atomic E-state index is 11.9. The lowest BCUT2D eigenvalue weighted by Gasteiger charge is -2.07. The minimum Gasteiger partial charge on any atom is -0.504 e. The topological polar surface area (TPSA) is 55.8 Å². The fourth-order valence-corrected chi connectivity index (χ4v) is 1.67. The lowest BCUT2D eigenvalue weighted by Crippen LogP contribution is -2.08. The van der Waals surface area contributed by atoms with E-state index in [0.29, 0.717) is 11.3 Å². The van der Waals surface area contributed by atoms with E-state index in [-0.39, 0.29) is 11.5 Å². The number of phenolic OH excluding ortho intramolecular Hbond substituents is 1. The van der Waals surface area contributed by atoms with Crippen LogP contribution in [0.1, 0.15) is 15.9 Å². The number of benzene rings is 2. The van der Waals surface area contributed by atoms with Crippen molar-refractivity contribution in [3.63, 3.8) is 0 Å². The van der Waals surface area contributed by atoms with Crippen molar-refractivity contribution >= 4 is 5.97 Å². The summed E-state index contributed by atoms with van der Waals surface area (Å²) in [6.45, 7) is 1.90. The lowest BCUT2D eigenvalue weighted by atomic mass is 10.1. The number of phenols is 1. The molecule has 0 aromatic heterocycles. The quantitative estimate of drug-likeness (QED) is 0.679. The molecule has 0 saturated heterocycles. The van der Waals surface area contributed by atoms with E-state index >= 15 is 0 Å². The molecule has 0 radical (unpaired) electrons. The lowest BCUT2D eigenvalue weighted by molar-refractivity contribution is 0.0734. The Kier molecular flexibility index (Phi) is 3.71. The van der Waals surface area contributed by atoms with Gasteiger partial charge in [-0.2, -0.15) is 0 Å². The average molecular weight is 258 g/mol. The zero-order valence-corrected chi connectivity index (χ0v) is 10.7. The SMILES string of the molecule is COc1ccc(OC(=O)c2cccc(C)c2)cc1O. The third kappa shape index (κ3) is 3.04. The Bertz CT molecular complexity index is 605. The first-order valence-corrected chi connectivity index (χ1v) is 5.76. The number of methoxy groups -OCH3 is 1. The average Bonchev–Trinajstić information content (AvgIpc) is 2.39. The van der Waals surface area contributed by atoms with Crippen LogP contribution >= 0.6 is 0 Å². The van der Waals surface area contributed by atoms with Gasteiger partial charge < -0.3 is 14.6 Å². The second-order valence-electron chi connectivity index (χ2n) is 4.09. The summed E-state index contributed by atoms with van der Waals surface area (Å²) < 4.78 is 10.1. The maximum atomic E-state index is 11.9. The molecule has 19 heavy (non-hydrogen) atoms. The van der Waals surface area contributed by atoms with Crippen LogP contribution in [-0.2, 0) is 0 Å². The smallest absolute Gasteiger partial charge is 0.343 e. The molecule has 0 heterocycles. The van der Waals surface area contributed by atoms with Crippen LogP contribution in [-0.4, -0.2) is 18.2 Å². The van der Waals surface area contributed by atoms with Gasteiger partial charge in [-0.25, -0.2) is 4.79 Å². The number of aryl methyl sites for hydroxylation is 1. The molecule has 0 atom stereocenters. The third-order valence-electron chi connectivity index (χ3n) is 2.61. The van der Waals surface area contributed by atoms with Crippen LogP contribution < -0.4 is 9.47 Å². The summed E-state index contributed by atoms with van der Waals surface area (Å²) in [5.74, 6) is 0.0606. The van der Waals surface area contributed by atoms with Crippen molar-refractivity contribution < 1.29 is 19.4 Å². The van der Waals surface area contributed by atoms with Gasteiger partial charge in [-0.15, -0.1) is 0 Å². The van der Waals surface area contributed by atoms with Gasteiger partial charge in [-0.05, 0) is 31.2 Å². The molecule has 2 aromatic rings. The predicted octanol–water partition coefficient (Wildman–Crippen LogP) is 2.93. The molecular formula is C15H14O4. The molecule has 4 nitrogen and oxygen atoms in total. The van der Waals surface area contributed by atoms with Crippen molar-refractivity contribution in [1.29, 1.82) is 0 Å². The third-order valence-corrected chi connectivity index (χ3v) is 2.61. The number of hydrogen-bond donors (Lipinski definition) is 1. The van der Waals surface area contributed by atoms with Crippen LogP contribution in [0.3, 0.4) is 0 Å². The first-order chi connectivity index (χ1) is 9.10. The normalized spacial score (nSPS) is 10.0. The fourth-order valence-electron chi connectivity index (χ4n) is 1.67. The molecule has 0 fully saturated rings. The summed E-state index contributed by atoms with van der Waals surface area (Å²) in [6, 6.07) is 11.5. The molecule has 0 spiro atoms. The molecule has 0 unspecified atom stereocenters. The zero-order valence-electron chi connectivity index (χ0n) is 10.7. The van der Waals surface area contributed by atoms with Crippen LogP contribution in [0.2, 0.25) is 0 Å². The summed E-state index contributed by atoms with van der Waals surface area (Å²) in [5, 5.41) is 9.60. The van der Waals surface area contributed by atoms with Gasteiger partial charge in [0.25, 0.3) is 0 Å². The van der Waals surface area contributed by atoms with Gasteiger partial charge in [0, 0.05) is 6.07 Å². The molecule has 0 saturated carbocycles. The number of ether oxygens (including phenoxy) is 2. The minimum absolute atomic E-state index is 0.0722. The molecule has 98 valence electrons. The Morgan fingerprint density at radius 1 is 1.16 bits per heavy atom. The van der Waals surface area contributed by atoms with E-state index in [1.54, 1.807) is 24.3 Å². The van der Waals surface area contributed by atoms with E-state index in [0.717, 1.165) is 5.56 Å². The molecule has 1 N–H and O–H groups in total. The van der Waals surface area contributed by atoms with Gasteiger partial charge in [0.1, 0.15) is 5.75 Å². The first kappa shape index (κ1) is 13.0. The predicted molar refractivity (Wildman–Crippen MR) is 70.8 cm³/mol. The van der Waals surface area contributed by atoms with Gasteiger partial charge >= 0.3 is 5.97 Å². The number of carbonyl (C=O) groups excluding carboxylic acids is 1. The molecule has 0 aliphatic carbocycles. The van der Waals surface area contributed by atoms with E-state index in [9.17, 15) is 9.90 Å². The van der Waals surface area contributed by atoms with Crippen LogP contribution in [0.5, 0.6) is 17.2 Å². The Labute approximate surface area is 111 Å². The zero-order chi connectivity index (χ0) is 13.8. The summed E-state index contributed by atoms with van der Waals surface area (Å²) in [4.78, 5) is 11.9. The maximum Gasteiger partial charge on any atom is 0.343 e. The summed E-state index contributed by atoms with van der Waals surface area (Å²) in [5.41, 5.74) is 1.45. The molecular weight excluding hydrogens is 244 g/mol. The van der Waals surface area contributed by atoms with E-state index < -0.39 is 5.97 Å². The van der Waals surface area contributed by atoms with Gasteiger partial charge in [0.05, 0.1) is 12.7 Å². The minimum atomic E-state index is -0.465. The van der Waals surface area contributed by atoms with Crippen LogP contribution in [0, 0.1) is 6.92 Å². The number of esters is 1. The fraction of sp³-hybridized carbons (Fsp3) is 0.133. The number of rotatable bonds is 3. The summed E-state index contributed by atoms with van der Waals surface area (Å²) in [6.07, 6.45) is 0. The van der Waals surface area contributed by atoms with Gasteiger partial charge in [0.2, 0.25) is 0 Å². The number of carbonyl (C=O) groups is 1. The summed E-state index contributed by atoms with van der Waals surface area (Å²) in [7, 11) is 1.45. The first-order valence-electron chi connectivity index (χ1n) is 5.76. The van der Waals surface area contributed by atoms with Gasteiger partial charge in [0.15, 0.2) is 11.5 Å². The van der Waals surface area contributed by atoms with Crippen molar-refractivity contribution in [1.82, 2.24) is 0 Å². The second kappa shape index (κ2) is 5.44. The molecule has 2 rings (SSSR count). The highest BCUT2D eigenvalue weighted by Crippen LogP contribution is 2.30. The molecule has 0 bridgehead atoms. The van der Waals surface area contributed by atoms with Crippen LogP contribution in [0.15, 0.2) is 42.5 Å². The van der Waals surface area contributed by atoms with Crippen molar-refractivity contribution in [2.45, 2.75) is 6.92 Å². The van der Waals surface area contributed by atoms with Gasteiger partial charge in [-0.3, -0.25) is 0 Å².